The molecule has 4 rings (SSSR count). The van der Waals surface area contributed by atoms with Gasteiger partial charge in [0, 0.05) is 15.7 Å². The second-order valence-electron chi connectivity index (χ2n) is 6.20. The molecular formula is C19H18ClN3OS. The number of thioether (sulfide) groups is 1. The smallest absolute Gasteiger partial charge is 0.243 e. The van der Waals surface area contributed by atoms with Crippen LogP contribution in [0.1, 0.15) is 31.0 Å². The van der Waals surface area contributed by atoms with Gasteiger partial charge in [-0.3, -0.25) is 4.79 Å². The van der Waals surface area contributed by atoms with E-state index in [1.807, 2.05) is 65.7 Å². The zero-order chi connectivity index (χ0) is 17.4. The molecular weight excluding hydrogens is 354 g/mol. The monoisotopic (exact) mass is 371 g/mol. The van der Waals surface area contributed by atoms with Gasteiger partial charge in [0.1, 0.15) is 6.04 Å². The van der Waals surface area contributed by atoms with Gasteiger partial charge in [-0.25, -0.2) is 4.98 Å². The van der Waals surface area contributed by atoms with E-state index in [-0.39, 0.29) is 18.0 Å². The molecule has 1 N–H and O–H groups in total. The number of carbonyl (C=O) groups excluding carboxylic acids is 1. The van der Waals surface area contributed by atoms with Crippen molar-refractivity contribution in [1.29, 1.82) is 0 Å². The lowest BCUT2D eigenvalue weighted by Crippen LogP contribution is -2.35. The first-order valence-corrected chi connectivity index (χ1v) is 9.64. The number of hydrogen-bond donors (Lipinski definition) is 1. The largest absolute Gasteiger partial charge is 0.347 e. The summed E-state index contributed by atoms with van der Waals surface area (Å²) < 4.78 is 1.92. The highest BCUT2D eigenvalue weighted by molar-refractivity contribution is 7.99. The number of nitrogens with one attached hydrogen (secondary N) is 1. The predicted octanol–water partition coefficient (Wildman–Crippen LogP) is 4.60. The Morgan fingerprint density at radius 2 is 2.20 bits per heavy atom. The topological polar surface area (TPSA) is 46.9 Å². The van der Waals surface area contributed by atoms with Crippen LogP contribution in [0.4, 0.5) is 0 Å². The number of benzene rings is 2. The van der Waals surface area contributed by atoms with Gasteiger partial charge in [0.25, 0.3) is 0 Å². The Hall–Kier alpha value is -1.98. The van der Waals surface area contributed by atoms with Gasteiger partial charge in [-0.15, -0.1) is 11.8 Å². The number of fused-ring (bicyclic) bond motifs is 2. The summed E-state index contributed by atoms with van der Waals surface area (Å²) in [6, 6.07) is 13.4. The standard InChI is InChI=1S/C19H18ClN3OS/c1-12(23-11-21-16-4-2-3-5-17(16)23)19(24)22-15-8-9-25-18-7-6-13(20)10-14(15)18/h2-7,10-12,15H,8-9H2,1H3,(H,22,24)/t12-,15+/m1/s1. The summed E-state index contributed by atoms with van der Waals surface area (Å²) in [7, 11) is 0. The summed E-state index contributed by atoms with van der Waals surface area (Å²) >= 11 is 7.96. The van der Waals surface area contributed by atoms with Gasteiger partial charge in [-0.2, -0.15) is 0 Å². The van der Waals surface area contributed by atoms with Crippen LogP contribution in [0.25, 0.3) is 11.0 Å². The van der Waals surface area contributed by atoms with Crippen LogP contribution >= 0.6 is 23.4 Å². The molecule has 3 aromatic rings. The van der Waals surface area contributed by atoms with Crippen molar-refractivity contribution in [3.05, 3.63) is 59.4 Å². The van der Waals surface area contributed by atoms with Gasteiger partial charge in [0.15, 0.2) is 0 Å². The van der Waals surface area contributed by atoms with E-state index in [1.54, 1.807) is 6.33 Å². The summed E-state index contributed by atoms with van der Waals surface area (Å²) in [4.78, 5) is 18.4. The molecule has 4 nitrogen and oxygen atoms in total. The maximum absolute atomic E-state index is 12.8. The molecule has 0 unspecified atom stereocenters. The first-order valence-electron chi connectivity index (χ1n) is 8.27. The van der Waals surface area contributed by atoms with Crippen molar-refractivity contribution < 1.29 is 4.79 Å². The zero-order valence-electron chi connectivity index (χ0n) is 13.8. The number of nitrogens with zero attached hydrogens (tertiary/aromatic N) is 2. The number of carbonyl (C=O) groups is 1. The third-order valence-electron chi connectivity index (χ3n) is 4.61. The predicted molar refractivity (Wildman–Crippen MR) is 102 cm³/mol. The van der Waals surface area contributed by atoms with Crippen LogP contribution in [0.5, 0.6) is 0 Å². The lowest BCUT2D eigenvalue weighted by atomic mass is 10.0. The van der Waals surface area contributed by atoms with Crippen molar-refractivity contribution in [1.82, 2.24) is 14.9 Å². The average molecular weight is 372 g/mol. The van der Waals surface area contributed by atoms with Crippen molar-refractivity contribution >= 4 is 40.3 Å². The average Bonchev–Trinajstić information content (AvgIpc) is 3.05. The van der Waals surface area contributed by atoms with Gasteiger partial charge in [-0.1, -0.05) is 23.7 Å². The van der Waals surface area contributed by atoms with Gasteiger partial charge >= 0.3 is 0 Å². The Kier molecular flexibility index (Phi) is 4.44. The van der Waals surface area contributed by atoms with E-state index in [9.17, 15) is 4.79 Å². The van der Waals surface area contributed by atoms with Crippen LogP contribution in [0.3, 0.4) is 0 Å². The van der Waals surface area contributed by atoms with E-state index >= 15 is 0 Å². The van der Waals surface area contributed by atoms with Crippen molar-refractivity contribution in [3.8, 4) is 0 Å². The molecule has 0 fully saturated rings. The fraction of sp³-hybridized carbons (Fsp3) is 0.263. The third kappa shape index (κ3) is 3.14. The summed E-state index contributed by atoms with van der Waals surface area (Å²) in [5, 5.41) is 3.90. The minimum atomic E-state index is -0.329. The molecule has 0 saturated carbocycles. The molecule has 2 atom stereocenters. The molecule has 25 heavy (non-hydrogen) atoms. The number of amides is 1. The fourth-order valence-corrected chi connectivity index (χ4v) is 4.51. The third-order valence-corrected chi connectivity index (χ3v) is 5.96. The Morgan fingerprint density at radius 3 is 3.08 bits per heavy atom. The van der Waals surface area contributed by atoms with E-state index in [2.05, 4.69) is 10.3 Å². The molecule has 0 aliphatic carbocycles. The van der Waals surface area contributed by atoms with Gasteiger partial charge in [0.2, 0.25) is 5.91 Å². The minimum absolute atomic E-state index is 0.000291. The van der Waals surface area contributed by atoms with Gasteiger partial charge < -0.3 is 9.88 Å². The molecule has 128 valence electrons. The Bertz CT molecular complexity index is 939. The Labute approximate surface area is 155 Å². The molecule has 2 heterocycles. The van der Waals surface area contributed by atoms with Crippen molar-refractivity contribution in [2.45, 2.75) is 30.3 Å². The highest BCUT2D eigenvalue weighted by atomic mass is 35.5. The molecule has 0 spiro atoms. The molecule has 0 radical (unpaired) electrons. The van der Waals surface area contributed by atoms with Gasteiger partial charge in [0.05, 0.1) is 23.4 Å². The number of imidazole rings is 1. The SMILES string of the molecule is C[C@H](C(=O)N[C@H]1CCSc2ccc(Cl)cc21)n1cnc2ccccc21. The van der Waals surface area contributed by atoms with E-state index in [4.69, 9.17) is 11.6 Å². The number of para-hydroxylation sites is 2. The molecule has 6 heteroatoms. The molecule has 2 aromatic carbocycles. The lowest BCUT2D eigenvalue weighted by molar-refractivity contribution is -0.124. The maximum atomic E-state index is 12.8. The maximum Gasteiger partial charge on any atom is 0.243 e. The van der Waals surface area contributed by atoms with E-state index in [1.165, 1.54) is 4.90 Å². The number of hydrogen-bond acceptors (Lipinski definition) is 3. The second kappa shape index (κ2) is 6.73. The van der Waals surface area contributed by atoms with Crippen LogP contribution in [0.15, 0.2) is 53.7 Å². The second-order valence-corrected chi connectivity index (χ2v) is 7.77. The van der Waals surface area contributed by atoms with E-state index < -0.39 is 0 Å². The van der Waals surface area contributed by atoms with Crippen LogP contribution in [-0.4, -0.2) is 21.2 Å². The first kappa shape index (κ1) is 16.5. The molecule has 1 aliphatic rings. The quantitative estimate of drug-likeness (QED) is 0.731. The zero-order valence-corrected chi connectivity index (χ0v) is 15.3. The van der Waals surface area contributed by atoms with Crippen molar-refractivity contribution in [2.24, 2.45) is 0 Å². The van der Waals surface area contributed by atoms with Crippen LogP contribution in [0.2, 0.25) is 5.02 Å². The van der Waals surface area contributed by atoms with Crippen LogP contribution < -0.4 is 5.32 Å². The van der Waals surface area contributed by atoms with Crippen LogP contribution in [0, 0.1) is 0 Å². The minimum Gasteiger partial charge on any atom is -0.347 e. The summed E-state index contributed by atoms with van der Waals surface area (Å²) in [5.74, 6) is 0.980. The highest BCUT2D eigenvalue weighted by Gasteiger charge is 2.25. The number of rotatable bonds is 3. The Balaban J connectivity index is 1.58. The van der Waals surface area contributed by atoms with Crippen LogP contribution in [-0.2, 0) is 4.79 Å². The molecule has 1 aliphatic heterocycles. The van der Waals surface area contributed by atoms with Gasteiger partial charge in [-0.05, 0) is 49.2 Å². The lowest BCUT2D eigenvalue weighted by Gasteiger charge is -2.27. The first-order chi connectivity index (χ1) is 12.1. The summed E-state index contributed by atoms with van der Waals surface area (Å²) in [5.41, 5.74) is 2.97. The van der Waals surface area contributed by atoms with Crippen molar-refractivity contribution in [3.63, 3.8) is 0 Å². The molecule has 0 saturated heterocycles. The number of halogens is 1. The van der Waals surface area contributed by atoms with E-state index in [0.717, 1.165) is 28.8 Å². The van der Waals surface area contributed by atoms with E-state index in [0.29, 0.717) is 5.02 Å². The normalized spacial score (nSPS) is 17.9. The molecule has 1 amide bonds. The fourth-order valence-electron chi connectivity index (χ4n) is 3.22. The Morgan fingerprint density at radius 1 is 1.36 bits per heavy atom. The number of aromatic nitrogens is 2. The molecule has 1 aromatic heterocycles. The highest BCUT2D eigenvalue weighted by Crippen LogP contribution is 2.37. The summed E-state index contributed by atoms with van der Waals surface area (Å²) in [6.45, 7) is 1.90. The summed E-state index contributed by atoms with van der Waals surface area (Å²) in [6.07, 6.45) is 2.64. The molecule has 0 bridgehead atoms. The van der Waals surface area contributed by atoms with Crippen molar-refractivity contribution in [2.75, 3.05) is 5.75 Å².